The molecule has 6 nitrogen and oxygen atoms in total. The summed E-state index contributed by atoms with van der Waals surface area (Å²) in [4.78, 5) is 27.1. The quantitative estimate of drug-likeness (QED) is 0.476. The summed E-state index contributed by atoms with van der Waals surface area (Å²) in [7, 11) is 0. The number of fused-ring (bicyclic) bond motifs is 1. The molecule has 2 aromatic carbocycles. The summed E-state index contributed by atoms with van der Waals surface area (Å²) in [5.41, 5.74) is 10.4. The third kappa shape index (κ3) is 5.13. The molecule has 3 aromatic rings. The minimum atomic E-state index is -0.287. The first-order valence-electron chi connectivity index (χ1n) is 9.47. The van der Waals surface area contributed by atoms with E-state index in [1.165, 1.54) is 16.5 Å². The number of benzene rings is 2. The molecule has 146 valence electrons. The van der Waals surface area contributed by atoms with E-state index in [0.29, 0.717) is 12.8 Å². The molecule has 28 heavy (non-hydrogen) atoms. The van der Waals surface area contributed by atoms with E-state index in [-0.39, 0.29) is 18.4 Å². The molecule has 0 unspecified atom stereocenters. The van der Waals surface area contributed by atoms with Gasteiger partial charge >= 0.3 is 0 Å². The van der Waals surface area contributed by atoms with E-state index < -0.39 is 0 Å². The van der Waals surface area contributed by atoms with Crippen molar-refractivity contribution < 1.29 is 9.59 Å². The van der Waals surface area contributed by atoms with Crippen LogP contribution in [0.2, 0.25) is 0 Å². The highest BCUT2D eigenvalue weighted by atomic mass is 16.2. The zero-order valence-corrected chi connectivity index (χ0v) is 16.3. The highest BCUT2D eigenvalue weighted by Gasteiger charge is 2.07. The third-order valence-corrected chi connectivity index (χ3v) is 4.69. The number of nitrogens with one attached hydrogen (secondary N) is 4. The van der Waals surface area contributed by atoms with Crippen molar-refractivity contribution >= 4 is 28.4 Å². The van der Waals surface area contributed by atoms with Crippen LogP contribution >= 0.6 is 0 Å². The highest BCUT2D eigenvalue weighted by molar-refractivity contribution is 5.85. The number of rotatable bonds is 7. The predicted molar refractivity (Wildman–Crippen MR) is 112 cm³/mol. The molecule has 1 heterocycles. The van der Waals surface area contributed by atoms with E-state index in [1.54, 1.807) is 0 Å². The summed E-state index contributed by atoms with van der Waals surface area (Å²) in [6, 6.07) is 14.1. The molecule has 2 amide bonds. The van der Waals surface area contributed by atoms with E-state index in [0.717, 1.165) is 23.2 Å². The fraction of sp³-hybridized carbons (Fsp3) is 0.273. The van der Waals surface area contributed by atoms with Gasteiger partial charge in [-0.25, -0.2) is 0 Å². The van der Waals surface area contributed by atoms with E-state index in [9.17, 15) is 9.59 Å². The molecule has 0 bridgehead atoms. The van der Waals surface area contributed by atoms with Gasteiger partial charge in [-0.05, 0) is 49.9 Å². The summed E-state index contributed by atoms with van der Waals surface area (Å²) >= 11 is 0. The van der Waals surface area contributed by atoms with Gasteiger partial charge in [0.25, 0.3) is 5.91 Å². The smallest absolute Gasteiger partial charge is 0.257 e. The zero-order valence-electron chi connectivity index (χ0n) is 16.3. The van der Waals surface area contributed by atoms with Crippen LogP contribution in [-0.2, 0) is 16.0 Å². The fourth-order valence-electron chi connectivity index (χ4n) is 3.21. The van der Waals surface area contributed by atoms with Crippen LogP contribution in [0.1, 0.15) is 29.5 Å². The molecule has 0 radical (unpaired) electrons. The van der Waals surface area contributed by atoms with Crippen molar-refractivity contribution in [1.82, 2.24) is 15.8 Å². The third-order valence-electron chi connectivity index (χ3n) is 4.69. The molecule has 0 atom stereocenters. The van der Waals surface area contributed by atoms with Crippen LogP contribution in [0.15, 0.2) is 48.7 Å². The number of H-pyrrole nitrogens is 1. The fourth-order valence-corrected chi connectivity index (χ4v) is 3.21. The molecular weight excluding hydrogens is 352 g/mol. The number of carbonyl (C=O) groups excluding carboxylic acids is 2. The molecule has 0 aliphatic carbocycles. The normalized spacial score (nSPS) is 10.6. The second kappa shape index (κ2) is 9.08. The molecular formula is C22H26N4O2. The molecule has 0 fully saturated rings. The number of aromatic nitrogens is 1. The molecule has 0 saturated heterocycles. The topological polar surface area (TPSA) is 86.0 Å². The van der Waals surface area contributed by atoms with Crippen LogP contribution in [0.5, 0.6) is 0 Å². The van der Waals surface area contributed by atoms with Crippen LogP contribution in [0.3, 0.4) is 0 Å². The molecule has 0 saturated carbocycles. The highest BCUT2D eigenvalue weighted by Crippen LogP contribution is 2.19. The van der Waals surface area contributed by atoms with Gasteiger partial charge < -0.3 is 10.3 Å². The van der Waals surface area contributed by atoms with Crippen molar-refractivity contribution in [3.8, 4) is 0 Å². The average molecular weight is 378 g/mol. The van der Waals surface area contributed by atoms with Crippen molar-refractivity contribution in [3.05, 3.63) is 65.4 Å². The zero-order chi connectivity index (χ0) is 19.9. The Morgan fingerprint density at radius 1 is 1.00 bits per heavy atom. The lowest BCUT2D eigenvalue weighted by atomic mass is 10.1. The number of hydrazine groups is 1. The molecule has 6 heteroatoms. The van der Waals surface area contributed by atoms with Gasteiger partial charge in [0, 0.05) is 29.2 Å². The minimum Gasteiger partial charge on any atom is -0.376 e. The van der Waals surface area contributed by atoms with Crippen molar-refractivity contribution in [3.63, 3.8) is 0 Å². The Morgan fingerprint density at radius 2 is 1.79 bits per heavy atom. The van der Waals surface area contributed by atoms with Crippen molar-refractivity contribution in [2.24, 2.45) is 0 Å². The van der Waals surface area contributed by atoms with Gasteiger partial charge in [0.2, 0.25) is 5.91 Å². The van der Waals surface area contributed by atoms with Crippen LogP contribution < -0.4 is 16.2 Å². The maximum atomic E-state index is 12.0. The molecule has 0 spiro atoms. The Kier molecular flexibility index (Phi) is 6.32. The SMILES string of the molecule is Cc1ccc(NCC(=O)NNC(=O)CCCc2c[nH]c3ccccc23)c(C)c1. The Morgan fingerprint density at radius 3 is 2.61 bits per heavy atom. The van der Waals surface area contributed by atoms with E-state index >= 15 is 0 Å². The number of amides is 2. The maximum absolute atomic E-state index is 12.0. The number of carbonyl (C=O) groups is 2. The summed E-state index contributed by atoms with van der Waals surface area (Å²) in [5.74, 6) is -0.482. The Labute approximate surface area is 164 Å². The number of hydrogen-bond acceptors (Lipinski definition) is 3. The molecule has 0 aliphatic rings. The number of hydrogen-bond donors (Lipinski definition) is 4. The molecule has 4 N–H and O–H groups in total. The van der Waals surface area contributed by atoms with Crippen molar-refractivity contribution in [2.45, 2.75) is 33.1 Å². The maximum Gasteiger partial charge on any atom is 0.257 e. The van der Waals surface area contributed by atoms with E-state index in [1.807, 2.05) is 50.4 Å². The lowest BCUT2D eigenvalue weighted by Crippen LogP contribution is -2.44. The van der Waals surface area contributed by atoms with Gasteiger partial charge in [-0.1, -0.05) is 35.9 Å². The van der Waals surface area contributed by atoms with E-state index in [2.05, 4.69) is 33.3 Å². The monoisotopic (exact) mass is 378 g/mol. The molecule has 1 aromatic heterocycles. The Bertz CT molecular complexity index is 978. The first-order valence-corrected chi connectivity index (χ1v) is 9.47. The number of aromatic amines is 1. The van der Waals surface area contributed by atoms with Crippen LogP contribution in [0, 0.1) is 13.8 Å². The van der Waals surface area contributed by atoms with Gasteiger partial charge in [0.15, 0.2) is 0 Å². The van der Waals surface area contributed by atoms with Crippen molar-refractivity contribution in [1.29, 1.82) is 0 Å². The lowest BCUT2D eigenvalue weighted by molar-refractivity contribution is -0.128. The van der Waals surface area contributed by atoms with Crippen molar-refractivity contribution in [2.75, 3.05) is 11.9 Å². The summed E-state index contributed by atoms with van der Waals surface area (Å²) in [6.07, 6.45) is 3.86. The van der Waals surface area contributed by atoms with Crippen LogP contribution in [0.25, 0.3) is 10.9 Å². The molecule has 0 aliphatic heterocycles. The van der Waals surface area contributed by atoms with Gasteiger partial charge in [0.05, 0.1) is 6.54 Å². The number of para-hydroxylation sites is 1. The number of aryl methyl sites for hydroxylation is 3. The standard InChI is InChI=1S/C22H26N4O2/c1-15-10-11-19(16(2)12-15)24-14-22(28)26-25-21(27)9-5-6-17-13-23-20-8-4-3-7-18(17)20/h3-4,7-8,10-13,23-24H,5-6,9,14H2,1-2H3,(H,25,27)(H,26,28). The van der Waals surface area contributed by atoms with Gasteiger partial charge in [-0.2, -0.15) is 0 Å². The van der Waals surface area contributed by atoms with Gasteiger partial charge in [0.1, 0.15) is 0 Å². The lowest BCUT2D eigenvalue weighted by Gasteiger charge is -2.11. The van der Waals surface area contributed by atoms with Crippen LogP contribution in [0.4, 0.5) is 5.69 Å². The Hall–Kier alpha value is -3.28. The summed E-state index contributed by atoms with van der Waals surface area (Å²) < 4.78 is 0. The minimum absolute atomic E-state index is 0.0967. The first-order chi connectivity index (χ1) is 13.5. The van der Waals surface area contributed by atoms with E-state index in [4.69, 9.17) is 0 Å². The molecule has 3 rings (SSSR count). The summed E-state index contributed by atoms with van der Waals surface area (Å²) in [6.45, 7) is 4.11. The second-order valence-electron chi connectivity index (χ2n) is 6.98. The number of anilines is 1. The first kappa shape index (κ1) is 19.5. The average Bonchev–Trinajstić information content (AvgIpc) is 3.09. The van der Waals surface area contributed by atoms with Crippen LogP contribution in [-0.4, -0.2) is 23.3 Å². The summed E-state index contributed by atoms with van der Waals surface area (Å²) in [5, 5.41) is 4.26. The van der Waals surface area contributed by atoms with Gasteiger partial charge in [-0.3, -0.25) is 20.4 Å². The second-order valence-corrected chi connectivity index (χ2v) is 6.98. The largest absolute Gasteiger partial charge is 0.376 e. The Balaban J connectivity index is 1.36. The van der Waals surface area contributed by atoms with Gasteiger partial charge in [-0.15, -0.1) is 0 Å². The predicted octanol–water partition coefficient (Wildman–Crippen LogP) is 3.37.